The van der Waals surface area contributed by atoms with Crippen LogP contribution in [-0.4, -0.2) is 0 Å². The molecule has 0 saturated carbocycles. The van der Waals surface area contributed by atoms with Gasteiger partial charge in [-0.25, -0.2) is 8.78 Å². The van der Waals surface area contributed by atoms with Gasteiger partial charge in [0.25, 0.3) is 0 Å². The molecular formula is C15H14BrF2N. The number of benzene rings is 2. The van der Waals surface area contributed by atoms with Crippen LogP contribution in [0, 0.1) is 18.6 Å². The molecule has 1 nitrogen and oxygen atoms in total. The first-order valence-corrected chi connectivity index (χ1v) is 6.71. The van der Waals surface area contributed by atoms with Crippen LogP contribution in [0.2, 0.25) is 0 Å². The van der Waals surface area contributed by atoms with Crippen LogP contribution in [0.3, 0.4) is 0 Å². The van der Waals surface area contributed by atoms with Crippen molar-refractivity contribution in [3.63, 3.8) is 0 Å². The summed E-state index contributed by atoms with van der Waals surface area (Å²) in [5, 5.41) is 0. The quantitative estimate of drug-likeness (QED) is 0.895. The van der Waals surface area contributed by atoms with Crippen molar-refractivity contribution in [2.75, 3.05) is 0 Å². The van der Waals surface area contributed by atoms with Crippen molar-refractivity contribution in [2.45, 2.75) is 19.4 Å². The zero-order valence-electron chi connectivity index (χ0n) is 10.5. The fraction of sp³-hybridized carbons (Fsp3) is 0.200. The van der Waals surface area contributed by atoms with Crippen molar-refractivity contribution in [3.05, 3.63) is 69.2 Å². The lowest BCUT2D eigenvalue weighted by atomic mass is 9.99. The molecule has 2 aromatic carbocycles. The maximum atomic E-state index is 13.1. The van der Waals surface area contributed by atoms with E-state index in [1.807, 2.05) is 25.1 Å². The Morgan fingerprint density at radius 2 is 1.74 bits per heavy atom. The maximum Gasteiger partial charge on any atom is 0.126 e. The third-order valence-electron chi connectivity index (χ3n) is 2.93. The highest BCUT2D eigenvalue weighted by molar-refractivity contribution is 9.10. The van der Waals surface area contributed by atoms with E-state index < -0.39 is 11.6 Å². The van der Waals surface area contributed by atoms with E-state index in [9.17, 15) is 8.78 Å². The average molecular weight is 326 g/mol. The van der Waals surface area contributed by atoms with Gasteiger partial charge >= 0.3 is 0 Å². The fourth-order valence-corrected chi connectivity index (χ4v) is 2.81. The molecule has 0 spiro atoms. The van der Waals surface area contributed by atoms with Gasteiger partial charge in [0.2, 0.25) is 0 Å². The molecule has 4 heteroatoms. The van der Waals surface area contributed by atoms with E-state index in [4.69, 9.17) is 5.73 Å². The Hall–Kier alpha value is -1.26. The molecule has 0 aliphatic carbocycles. The highest BCUT2D eigenvalue weighted by Gasteiger charge is 2.12. The predicted octanol–water partition coefficient (Wildman–Crippen LogP) is 4.28. The highest BCUT2D eigenvalue weighted by atomic mass is 79.9. The van der Waals surface area contributed by atoms with Gasteiger partial charge in [0.05, 0.1) is 0 Å². The SMILES string of the molecule is Cc1ccc(C(N)Cc2cc(F)cc(F)c2)c(Br)c1. The first-order chi connectivity index (χ1) is 8.95. The largest absolute Gasteiger partial charge is 0.324 e. The maximum absolute atomic E-state index is 13.1. The molecule has 2 rings (SSSR count). The van der Waals surface area contributed by atoms with Crippen LogP contribution in [0.1, 0.15) is 22.7 Å². The third kappa shape index (κ3) is 3.61. The Labute approximate surface area is 119 Å². The van der Waals surface area contributed by atoms with E-state index >= 15 is 0 Å². The predicted molar refractivity (Wildman–Crippen MR) is 75.9 cm³/mol. The van der Waals surface area contributed by atoms with Gasteiger partial charge in [-0.05, 0) is 48.2 Å². The molecule has 2 aromatic rings. The fourth-order valence-electron chi connectivity index (χ4n) is 2.03. The van der Waals surface area contributed by atoms with Crippen molar-refractivity contribution in [1.29, 1.82) is 0 Å². The van der Waals surface area contributed by atoms with E-state index in [0.29, 0.717) is 12.0 Å². The summed E-state index contributed by atoms with van der Waals surface area (Å²) in [7, 11) is 0. The second-order valence-corrected chi connectivity index (χ2v) is 5.47. The van der Waals surface area contributed by atoms with Crippen LogP contribution in [-0.2, 0) is 6.42 Å². The lowest BCUT2D eigenvalue weighted by Crippen LogP contribution is -2.14. The molecule has 0 aliphatic heterocycles. The topological polar surface area (TPSA) is 26.0 Å². The second kappa shape index (κ2) is 5.80. The normalized spacial score (nSPS) is 12.5. The smallest absolute Gasteiger partial charge is 0.126 e. The van der Waals surface area contributed by atoms with Gasteiger partial charge in [0.15, 0.2) is 0 Å². The molecule has 1 atom stereocenters. The van der Waals surface area contributed by atoms with Gasteiger partial charge in [-0.1, -0.05) is 28.1 Å². The minimum Gasteiger partial charge on any atom is -0.324 e. The van der Waals surface area contributed by atoms with E-state index in [-0.39, 0.29) is 6.04 Å². The molecule has 100 valence electrons. The zero-order chi connectivity index (χ0) is 14.0. The van der Waals surface area contributed by atoms with Crippen LogP contribution >= 0.6 is 15.9 Å². The van der Waals surface area contributed by atoms with Gasteiger partial charge in [-0.15, -0.1) is 0 Å². The summed E-state index contributed by atoms with van der Waals surface area (Å²) in [4.78, 5) is 0. The summed E-state index contributed by atoms with van der Waals surface area (Å²) in [5.74, 6) is -1.16. The first kappa shape index (κ1) is 14.2. The zero-order valence-corrected chi connectivity index (χ0v) is 12.0. The number of hydrogen-bond donors (Lipinski definition) is 1. The molecule has 0 aromatic heterocycles. The van der Waals surface area contributed by atoms with Crippen molar-refractivity contribution in [3.8, 4) is 0 Å². The van der Waals surface area contributed by atoms with Crippen LogP contribution in [0.4, 0.5) is 8.78 Å². The molecular weight excluding hydrogens is 312 g/mol. The van der Waals surface area contributed by atoms with Crippen LogP contribution < -0.4 is 5.73 Å². The van der Waals surface area contributed by atoms with Crippen LogP contribution in [0.15, 0.2) is 40.9 Å². The Morgan fingerprint density at radius 1 is 1.11 bits per heavy atom. The molecule has 0 amide bonds. The minimum absolute atomic E-state index is 0.309. The van der Waals surface area contributed by atoms with Crippen molar-refractivity contribution in [2.24, 2.45) is 5.73 Å². The summed E-state index contributed by atoms with van der Waals surface area (Å²) in [5.41, 5.74) is 8.71. The monoisotopic (exact) mass is 325 g/mol. The van der Waals surface area contributed by atoms with Crippen molar-refractivity contribution < 1.29 is 8.78 Å². The number of rotatable bonds is 3. The van der Waals surface area contributed by atoms with Crippen molar-refractivity contribution >= 4 is 15.9 Å². The Bertz CT molecular complexity index is 578. The molecule has 0 bridgehead atoms. The highest BCUT2D eigenvalue weighted by Crippen LogP contribution is 2.26. The lowest BCUT2D eigenvalue weighted by Gasteiger charge is -2.14. The van der Waals surface area contributed by atoms with E-state index in [0.717, 1.165) is 21.7 Å². The second-order valence-electron chi connectivity index (χ2n) is 4.61. The molecule has 0 fully saturated rings. The summed E-state index contributed by atoms with van der Waals surface area (Å²) in [6.07, 6.45) is 0.385. The molecule has 2 N–H and O–H groups in total. The molecule has 1 unspecified atom stereocenters. The molecule has 19 heavy (non-hydrogen) atoms. The Morgan fingerprint density at radius 3 is 2.32 bits per heavy atom. The standard InChI is InChI=1S/C15H14BrF2N/c1-9-2-3-13(14(16)4-9)15(19)7-10-5-11(17)8-12(18)6-10/h2-6,8,15H,7,19H2,1H3. The molecule has 0 saturated heterocycles. The van der Waals surface area contributed by atoms with Crippen LogP contribution in [0.5, 0.6) is 0 Å². The van der Waals surface area contributed by atoms with Crippen LogP contribution in [0.25, 0.3) is 0 Å². The number of halogens is 3. The number of aryl methyl sites for hydroxylation is 1. The summed E-state index contributed by atoms with van der Waals surface area (Å²) in [6.45, 7) is 1.99. The minimum atomic E-state index is -0.579. The Balaban J connectivity index is 2.22. The first-order valence-electron chi connectivity index (χ1n) is 5.92. The third-order valence-corrected chi connectivity index (χ3v) is 3.62. The summed E-state index contributed by atoms with van der Waals surface area (Å²) in [6, 6.07) is 9.04. The van der Waals surface area contributed by atoms with Gasteiger partial charge in [-0.2, -0.15) is 0 Å². The average Bonchev–Trinajstić information content (AvgIpc) is 2.26. The van der Waals surface area contributed by atoms with E-state index in [2.05, 4.69) is 15.9 Å². The Kier molecular flexibility index (Phi) is 4.32. The molecule has 0 heterocycles. The lowest BCUT2D eigenvalue weighted by molar-refractivity contribution is 0.576. The number of hydrogen-bond acceptors (Lipinski definition) is 1. The van der Waals surface area contributed by atoms with Gasteiger partial charge < -0.3 is 5.73 Å². The van der Waals surface area contributed by atoms with Gasteiger partial charge in [0, 0.05) is 16.6 Å². The van der Waals surface area contributed by atoms with Gasteiger partial charge in [0.1, 0.15) is 11.6 Å². The molecule has 0 aliphatic rings. The van der Waals surface area contributed by atoms with E-state index in [1.165, 1.54) is 12.1 Å². The van der Waals surface area contributed by atoms with E-state index in [1.54, 1.807) is 0 Å². The summed E-state index contributed by atoms with van der Waals surface area (Å²) < 4.78 is 27.2. The molecule has 0 radical (unpaired) electrons. The van der Waals surface area contributed by atoms with Crippen molar-refractivity contribution in [1.82, 2.24) is 0 Å². The summed E-state index contributed by atoms with van der Waals surface area (Å²) >= 11 is 3.46. The number of nitrogens with two attached hydrogens (primary N) is 1. The van der Waals surface area contributed by atoms with Gasteiger partial charge in [-0.3, -0.25) is 0 Å².